The molecule has 0 amide bonds. The lowest BCUT2D eigenvalue weighted by atomic mass is 10.3. The molecule has 0 spiro atoms. The maximum atomic E-state index is 13.1. The van der Waals surface area contributed by atoms with Crippen LogP contribution in [0.3, 0.4) is 0 Å². The number of benzene rings is 2. The maximum Gasteiger partial charge on any atom is 0.263 e. The zero-order valence-corrected chi connectivity index (χ0v) is 12.9. The Hall–Kier alpha value is -1.60. The first-order valence-corrected chi connectivity index (χ1v) is 7.96. The number of anilines is 2. The smallest absolute Gasteiger partial charge is 0.263 e. The molecule has 20 heavy (non-hydrogen) atoms. The molecular weight excluding hydrogens is 347 g/mol. The number of halogens is 2. The van der Waals surface area contributed by atoms with Gasteiger partial charge in [-0.2, -0.15) is 0 Å². The van der Waals surface area contributed by atoms with Gasteiger partial charge in [-0.25, -0.2) is 12.8 Å². The number of nitrogens with one attached hydrogen (secondary N) is 2. The molecule has 2 N–H and O–H groups in total. The van der Waals surface area contributed by atoms with E-state index in [0.29, 0.717) is 5.69 Å². The van der Waals surface area contributed by atoms with Crippen molar-refractivity contribution in [3.8, 4) is 0 Å². The fraction of sp³-hybridized carbons (Fsp3) is 0.0769. The van der Waals surface area contributed by atoms with Crippen LogP contribution in [0.15, 0.2) is 51.8 Å². The molecule has 0 bridgehead atoms. The Morgan fingerprint density at radius 1 is 1.15 bits per heavy atom. The Bertz CT molecular complexity index is 735. The molecule has 0 saturated carbocycles. The molecule has 7 heteroatoms. The van der Waals surface area contributed by atoms with E-state index in [1.165, 1.54) is 24.3 Å². The standard InChI is InChI=1S/C13H12BrFN2O2S/c1-16-12-4-2-3-5-13(12)20(18,19)17-9-6-7-11(15)10(14)8-9/h2-8,16-17H,1H3. The Morgan fingerprint density at radius 2 is 1.85 bits per heavy atom. The largest absolute Gasteiger partial charge is 0.387 e. The van der Waals surface area contributed by atoms with Gasteiger partial charge in [0.25, 0.3) is 10.0 Å². The summed E-state index contributed by atoms with van der Waals surface area (Å²) in [6.45, 7) is 0. The van der Waals surface area contributed by atoms with E-state index >= 15 is 0 Å². The van der Waals surface area contributed by atoms with Crippen molar-refractivity contribution in [2.24, 2.45) is 0 Å². The lowest BCUT2D eigenvalue weighted by Gasteiger charge is -2.12. The van der Waals surface area contributed by atoms with Crippen molar-refractivity contribution >= 4 is 37.3 Å². The van der Waals surface area contributed by atoms with Crippen LogP contribution in [0.5, 0.6) is 0 Å². The second-order valence-corrected chi connectivity index (χ2v) is 6.49. The highest BCUT2D eigenvalue weighted by Crippen LogP contribution is 2.25. The van der Waals surface area contributed by atoms with Crippen molar-refractivity contribution in [1.29, 1.82) is 0 Å². The molecule has 0 aromatic heterocycles. The average Bonchev–Trinajstić information content (AvgIpc) is 2.42. The van der Waals surface area contributed by atoms with E-state index in [0.717, 1.165) is 0 Å². The molecule has 2 aromatic rings. The summed E-state index contributed by atoms with van der Waals surface area (Å²) in [5.74, 6) is -0.455. The lowest BCUT2D eigenvalue weighted by Crippen LogP contribution is -2.14. The molecule has 0 heterocycles. The lowest BCUT2D eigenvalue weighted by molar-refractivity contribution is 0.601. The highest BCUT2D eigenvalue weighted by atomic mass is 79.9. The molecule has 0 radical (unpaired) electrons. The summed E-state index contributed by atoms with van der Waals surface area (Å²) in [6.07, 6.45) is 0. The van der Waals surface area contributed by atoms with Gasteiger partial charge in [0.2, 0.25) is 0 Å². The first-order valence-electron chi connectivity index (χ1n) is 5.68. The molecule has 106 valence electrons. The predicted octanol–water partition coefficient (Wildman–Crippen LogP) is 3.43. The van der Waals surface area contributed by atoms with Crippen LogP contribution in [0, 0.1) is 5.82 Å². The summed E-state index contributed by atoms with van der Waals surface area (Å²) in [4.78, 5) is 0.128. The van der Waals surface area contributed by atoms with Gasteiger partial charge >= 0.3 is 0 Å². The van der Waals surface area contributed by atoms with E-state index < -0.39 is 15.8 Å². The van der Waals surface area contributed by atoms with Crippen LogP contribution in [-0.4, -0.2) is 15.5 Å². The van der Waals surface area contributed by atoms with Crippen molar-refractivity contribution in [2.75, 3.05) is 17.1 Å². The predicted molar refractivity (Wildman–Crippen MR) is 80.9 cm³/mol. The van der Waals surface area contributed by atoms with Crippen LogP contribution in [0.2, 0.25) is 0 Å². The van der Waals surface area contributed by atoms with Crippen molar-refractivity contribution < 1.29 is 12.8 Å². The zero-order valence-electron chi connectivity index (χ0n) is 10.5. The monoisotopic (exact) mass is 358 g/mol. The van der Waals surface area contributed by atoms with Crippen molar-refractivity contribution in [1.82, 2.24) is 0 Å². The molecule has 2 rings (SSSR count). The van der Waals surface area contributed by atoms with Gasteiger partial charge in [0.15, 0.2) is 0 Å². The minimum absolute atomic E-state index is 0.128. The van der Waals surface area contributed by atoms with Gasteiger partial charge < -0.3 is 5.32 Å². The van der Waals surface area contributed by atoms with Crippen LogP contribution >= 0.6 is 15.9 Å². The van der Waals surface area contributed by atoms with Crippen LogP contribution in [-0.2, 0) is 10.0 Å². The van der Waals surface area contributed by atoms with E-state index in [1.807, 2.05) is 0 Å². The van der Waals surface area contributed by atoms with E-state index in [1.54, 1.807) is 25.2 Å². The number of rotatable bonds is 4. The van der Waals surface area contributed by atoms with Crippen LogP contribution in [0.25, 0.3) is 0 Å². The number of hydrogen-bond donors (Lipinski definition) is 2. The van der Waals surface area contributed by atoms with Gasteiger partial charge in [-0.1, -0.05) is 12.1 Å². The van der Waals surface area contributed by atoms with Crippen molar-refractivity contribution in [3.63, 3.8) is 0 Å². The highest BCUT2D eigenvalue weighted by Gasteiger charge is 2.18. The van der Waals surface area contributed by atoms with Gasteiger partial charge in [0.1, 0.15) is 10.7 Å². The van der Waals surface area contributed by atoms with Gasteiger partial charge in [0.05, 0.1) is 15.8 Å². The van der Waals surface area contributed by atoms with Crippen LogP contribution < -0.4 is 10.0 Å². The Balaban J connectivity index is 2.38. The first kappa shape index (κ1) is 14.8. The highest BCUT2D eigenvalue weighted by molar-refractivity contribution is 9.10. The summed E-state index contributed by atoms with van der Waals surface area (Å²) in [6, 6.07) is 10.4. The third kappa shape index (κ3) is 3.10. The fourth-order valence-electron chi connectivity index (χ4n) is 1.68. The molecule has 0 aliphatic carbocycles. The minimum atomic E-state index is -3.74. The molecule has 2 aromatic carbocycles. The Morgan fingerprint density at radius 3 is 2.50 bits per heavy atom. The number of sulfonamides is 1. The maximum absolute atomic E-state index is 13.1. The second kappa shape index (κ2) is 5.80. The fourth-order valence-corrected chi connectivity index (χ4v) is 3.32. The Kier molecular flexibility index (Phi) is 4.29. The van der Waals surface area contributed by atoms with Gasteiger partial charge in [0, 0.05) is 7.05 Å². The quantitative estimate of drug-likeness (QED) is 0.880. The molecule has 0 unspecified atom stereocenters. The second-order valence-electron chi connectivity index (χ2n) is 3.98. The summed E-state index contributed by atoms with van der Waals surface area (Å²) in [5.41, 5.74) is 0.769. The topological polar surface area (TPSA) is 58.2 Å². The van der Waals surface area contributed by atoms with Crippen molar-refractivity contribution in [2.45, 2.75) is 4.90 Å². The normalized spacial score (nSPS) is 11.2. The molecule has 0 saturated heterocycles. The zero-order chi connectivity index (χ0) is 14.8. The van der Waals surface area contributed by atoms with Crippen LogP contribution in [0.4, 0.5) is 15.8 Å². The van der Waals surface area contributed by atoms with E-state index in [4.69, 9.17) is 0 Å². The third-order valence-electron chi connectivity index (χ3n) is 2.62. The van der Waals surface area contributed by atoms with Gasteiger partial charge in [-0.3, -0.25) is 4.72 Å². The summed E-state index contributed by atoms with van der Waals surface area (Å²) in [5, 5.41) is 2.82. The number of para-hydroxylation sites is 1. The SMILES string of the molecule is CNc1ccccc1S(=O)(=O)Nc1ccc(F)c(Br)c1. The summed E-state index contributed by atoms with van der Waals surface area (Å²) >= 11 is 3.02. The first-order chi connectivity index (χ1) is 9.44. The molecule has 4 nitrogen and oxygen atoms in total. The third-order valence-corrected chi connectivity index (χ3v) is 4.66. The number of hydrogen-bond acceptors (Lipinski definition) is 3. The van der Waals surface area contributed by atoms with Gasteiger partial charge in [-0.05, 0) is 46.3 Å². The van der Waals surface area contributed by atoms with E-state index in [2.05, 4.69) is 26.0 Å². The Labute approximate surface area is 125 Å². The van der Waals surface area contributed by atoms with Crippen LogP contribution in [0.1, 0.15) is 0 Å². The average molecular weight is 359 g/mol. The molecule has 0 aliphatic heterocycles. The minimum Gasteiger partial charge on any atom is -0.387 e. The van der Waals surface area contributed by atoms with E-state index in [9.17, 15) is 12.8 Å². The molecule has 0 fully saturated rings. The molecular formula is C13H12BrFN2O2S. The van der Waals surface area contributed by atoms with Gasteiger partial charge in [-0.15, -0.1) is 0 Å². The van der Waals surface area contributed by atoms with Crippen molar-refractivity contribution in [3.05, 3.63) is 52.8 Å². The summed E-state index contributed by atoms with van der Waals surface area (Å²) < 4.78 is 40.4. The van der Waals surface area contributed by atoms with E-state index in [-0.39, 0.29) is 15.1 Å². The summed E-state index contributed by atoms with van der Waals surface area (Å²) in [7, 11) is -2.10. The molecule has 0 atom stereocenters. The molecule has 0 aliphatic rings.